The van der Waals surface area contributed by atoms with Gasteiger partial charge in [-0.2, -0.15) is 0 Å². The molecule has 116 valence electrons. The van der Waals surface area contributed by atoms with E-state index in [0.29, 0.717) is 17.7 Å². The van der Waals surface area contributed by atoms with Crippen LogP contribution in [0.5, 0.6) is 0 Å². The minimum atomic E-state index is -1.17. The van der Waals surface area contributed by atoms with E-state index in [9.17, 15) is 19.2 Å². The van der Waals surface area contributed by atoms with E-state index in [0.717, 1.165) is 11.8 Å². The molecule has 1 N–H and O–H groups in total. The number of imide groups is 1. The number of thioether (sulfide) groups is 1. The third kappa shape index (κ3) is 2.36. The van der Waals surface area contributed by atoms with Gasteiger partial charge in [0.05, 0.1) is 10.8 Å². The summed E-state index contributed by atoms with van der Waals surface area (Å²) in [6.07, 6.45) is 0.0657. The fourth-order valence-electron chi connectivity index (χ4n) is 3.02. The Hall–Kier alpha value is -1.67. The van der Waals surface area contributed by atoms with Crippen molar-refractivity contribution in [2.75, 3.05) is 0 Å². The molecule has 3 rings (SSSR count). The van der Waals surface area contributed by atoms with Crippen LogP contribution < -0.4 is 5.32 Å². The summed E-state index contributed by atoms with van der Waals surface area (Å²) in [5.41, 5.74) is 0. The zero-order chi connectivity index (χ0) is 15.9. The molecular weight excluding hydrogens is 326 g/mol. The Bertz CT molecular complexity index is 656. The molecule has 1 saturated carbocycles. The number of carbonyl (C=O) groups is 4. The number of hydrogen-bond acceptors (Lipinski definition) is 7. The molecule has 2 heterocycles. The predicted molar refractivity (Wildman–Crippen MR) is 80.4 cm³/mol. The van der Waals surface area contributed by atoms with E-state index >= 15 is 0 Å². The average Bonchev–Trinajstić information content (AvgIpc) is 3.10. The summed E-state index contributed by atoms with van der Waals surface area (Å²) in [6.45, 7) is 1.26. The van der Waals surface area contributed by atoms with E-state index in [-0.39, 0.29) is 5.12 Å². The molecule has 0 radical (unpaired) electrons. The van der Waals surface area contributed by atoms with Gasteiger partial charge in [0.1, 0.15) is 10.9 Å². The molecule has 1 aromatic rings. The van der Waals surface area contributed by atoms with Crippen LogP contribution in [0.1, 0.15) is 29.4 Å². The normalized spacial score (nSPS) is 30.0. The molecular formula is C14H13NO5S2. The van der Waals surface area contributed by atoms with Crippen molar-refractivity contribution in [1.82, 2.24) is 5.32 Å². The molecule has 1 aliphatic carbocycles. The van der Waals surface area contributed by atoms with E-state index in [1.165, 1.54) is 18.3 Å². The highest BCUT2D eigenvalue weighted by Gasteiger charge is 2.64. The van der Waals surface area contributed by atoms with Gasteiger partial charge in [0, 0.05) is 6.92 Å². The standard InChI is InChI=1S/C14H13NO5S2/c1-7(16)20-8-4-5-14(10(8)11(17)15-13(14)19)22-12(18)9-3-2-6-21-9/h2-3,6,8,10H,4-5H2,1H3,(H,15,17,19)/t8?,10-,14+/m0/s1. The second-order valence-electron chi connectivity index (χ2n) is 5.24. The lowest BCUT2D eigenvalue weighted by molar-refractivity contribution is -0.149. The summed E-state index contributed by atoms with van der Waals surface area (Å²) in [5, 5.41) is 3.81. The number of nitrogens with one attached hydrogen (secondary N) is 1. The molecule has 2 fully saturated rings. The van der Waals surface area contributed by atoms with Crippen molar-refractivity contribution < 1.29 is 23.9 Å². The van der Waals surface area contributed by atoms with Gasteiger partial charge >= 0.3 is 5.97 Å². The number of esters is 1. The van der Waals surface area contributed by atoms with Gasteiger partial charge in [0.25, 0.3) is 0 Å². The maximum atomic E-state index is 12.4. The monoisotopic (exact) mass is 339 g/mol. The first-order valence-corrected chi connectivity index (χ1v) is 8.43. The SMILES string of the molecule is CC(=O)OC1CC[C@]2(SC(=O)c3cccs3)C(=O)NC(=O)[C@H]12. The molecule has 2 aliphatic rings. The molecule has 1 saturated heterocycles. The van der Waals surface area contributed by atoms with Crippen LogP contribution in [-0.2, 0) is 19.1 Å². The molecule has 3 atom stereocenters. The molecule has 1 unspecified atom stereocenters. The third-order valence-corrected chi connectivity index (χ3v) is 6.30. The summed E-state index contributed by atoms with van der Waals surface area (Å²) in [4.78, 5) is 48.4. The van der Waals surface area contributed by atoms with Crippen LogP contribution in [0.4, 0.5) is 0 Å². The molecule has 0 spiro atoms. The predicted octanol–water partition coefficient (Wildman–Crippen LogP) is 1.36. The van der Waals surface area contributed by atoms with E-state index in [2.05, 4.69) is 5.32 Å². The lowest BCUT2D eigenvalue weighted by Gasteiger charge is -2.24. The fourth-order valence-corrected chi connectivity index (χ4v) is 5.10. The van der Waals surface area contributed by atoms with Gasteiger partial charge in [-0.15, -0.1) is 11.3 Å². The van der Waals surface area contributed by atoms with Crippen LogP contribution in [0.3, 0.4) is 0 Å². The molecule has 22 heavy (non-hydrogen) atoms. The van der Waals surface area contributed by atoms with E-state index in [4.69, 9.17) is 4.74 Å². The van der Waals surface area contributed by atoms with Crippen LogP contribution in [-0.4, -0.2) is 33.7 Å². The second kappa shape index (κ2) is 5.51. The minimum absolute atomic E-state index is 0.242. The van der Waals surface area contributed by atoms with Gasteiger partial charge < -0.3 is 4.74 Å². The van der Waals surface area contributed by atoms with Crippen molar-refractivity contribution >= 4 is 46.0 Å². The Morgan fingerprint density at radius 1 is 1.45 bits per heavy atom. The lowest BCUT2D eigenvalue weighted by Crippen LogP contribution is -2.39. The molecule has 0 bridgehead atoms. The highest BCUT2D eigenvalue weighted by Crippen LogP contribution is 2.51. The van der Waals surface area contributed by atoms with E-state index < -0.39 is 34.6 Å². The number of thiophene rings is 1. The Morgan fingerprint density at radius 2 is 2.23 bits per heavy atom. The van der Waals surface area contributed by atoms with Crippen LogP contribution in [0.2, 0.25) is 0 Å². The summed E-state index contributed by atoms with van der Waals surface area (Å²) >= 11 is 2.16. The molecule has 6 nitrogen and oxygen atoms in total. The maximum Gasteiger partial charge on any atom is 0.302 e. The zero-order valence-corrected chi connectivity index (χ0v) is 13.3. The third-order valence-electron chi connectivity index (χ3n) is 3.89. The number of rotatable bonds is 3. The van der Waals surface area contributed by atoms with E-state index in [1.807, 2.05) is 0 Å². The molecule has 2 amide bonds. The van der Waals surface area contributed by atoms with Crippen molar-refractivity contribution in [2.45, 2.75) is 30.6 Å². The number of fused-ring (bicyclic) bond motifs is 1. The van der Waals surface area contributed by atoms with Gasteiger partial charge in [0.15, 0.2) is 0 Å². The zero-order valence-electron chi connectivity index (χ0n) is 11.7. The first-order valence-electron chi connectivity index (χ1n) is 6.73. The van der Waals surface area contributed by atoms with Gasteiger partial charge in [-0.05, 0) is 24.3 Å². The largest absolute Gasteiger partial charge is 0.462 e. The number of hydrogen-bond donors (Lipinski definition) is 1. The smallest absolute Gasteiger partial charge is 0.302 e. The van der Waals surface area contributed by atoms with Crippen molar-refractivity contribution in [2.24, 2.45) is 5.92 Å². The quantitative estimate of drug-likeness (QED) is 0.661. The van der Waals surface area contributed by atoms with Crippen molar-refractivity contribution in [1.29, 1.82) is 0 Å². The van der Waals surface area contributed by atoms with Crippen molar-refractivity contribution in [3.8, 4) is 0 Å². The lowest BCUT2D eigenvalue weighted by atomic mass is 9.96. The number of amides is 2. The highest BCUT2D eigenvalue weighted by atomic mass is 32.2. The first-order chi connectivity index (χ1) is 10.4. The van der Waals surface area contributed by atoms with Crippen LogP contribution in [0.25, 0.3) is 0 Å². The van der Waals surface area contributed by atoms with Crippen LogP contribution in [0, 0.1) is 5.92 Å². The van der Waals surface area contributed by atoms with Crippen LogP contribution >= 0.6 is 23.1 Å². The van der Waals surface area contributed by atoms with Gasteiger partial charge in [-0.3, -0.25) is 24.5 Å². The number of carbonyl (C=O) groups excluding carboxylic acids is 4. The van der Waals surface area contributed by atoms with Crippen LogP contribution in [0.15, 0.2) is 17.5 Å². The van der Waals surface area contributed by atoms with E-state index in [1.54, 1.807) is 17.5 Å². The summed E-state index contributed by atoms with van der Waals surface area (Å²) in [6, 6.07) is 3.43. The fraction of sp³-hybridized carbons (Fsp3) is 0.429. The molecule has 8 heteroatoms. The van der Waals surface area contributed by atoms with Crippen molar-refractivity contribution in [3.63, 3.8) is 0 Å². The van der Waals surface area contributed by atoms with Gasteiger partial charge in [-0.25, -0.2) is 0 Å². The van der Waals surface area contributed by atoms with Crippen molar-refractivity contribution in [3.05, 3.63) is 22.4 Å². The Labute approximate surface area is 134 Å². The Balaban J connectivity index is 1.89. The van der Waals surface area contributed by atoms with Gasteiger partial charge in [0.2, 0.25) is 16.9 Å². The Kier molecular flexibility index (Phi) is 3.82. The minimum Gasteiger partial charge on any atom is -0.462 e. The summed E-state index contributed by atoms with van der Waals surface area (Å²) in [5.74, 6) is -2.24. The highest BCUT2D eigenvalue weighted by molar-refractivity contribution is 8.16. The molecule has 1 aliphatic heterocycles. The topological polar surface area (TPSA) is 89.5 Å². The Morgan fingerprint density at radius 3 is 2.86 bits per heavy atom. The summed E-state index contributed by atoms with van der Waals surface area (Å²) in [7, 11) is 0. The average molecular weight is 339 g/mol. The number of ether oxygens (including phenoxy) is 1. The molecule has 1 aromatic heterocycles. The first kappa shape index (κ1) is 15.2. The van der Waals surface area contributed by atoms with Gasteiger partial charge in [-0.1, -0.05) is 17.8 Å². The second-order valence-corrected chi connectivity index (χ2v) is 7.49. The molecule has 0 aromatic carbocycles. The summed E-state index contributed by atoms with van der Waals surface area (Å²) < 4.78 is 4.00. The maximum absolute atomic E-state index is 12.4.